The van der Waals surface area contributed by atoms with Crippen LogP contribution < -0.4 is 5.32 Å². The zero-order valence-corrected chi connectivity index (χ0v) is 11.6. The van der Waals surface area contributed by atoms with Gasteiger partial charge in [0.05, 0.1) is 11.6 Å². The Morgan fingerprint density at radius 3 is 2.16 bits per heavy atom. The maximum atomic E-state index is 8.80. The Labute approximate surface area is 114 Å². The number of rotatable bonds is 2. The molecule has 0 amide bonds. The van der Waals surface area contributed by atoms with Gasteiger partial charge in [0.1, 0.15) is 0 Å². The third-order valence-electron chi connectivity index (χ3n) is 3.03. The summed E-state index contributed by atoms with van der Waals surface area (Å²) in [7, 11) is 0. The summed E-state index contributed by atoms with van der Waals surface area (Å²) in [6.07, 6.45) is 0. The van der Waals surface area contributed by atoms with E-state index in [1.165, 1.54) is 5.56 Å². The normalized spacial score (nSPS) is 10.8. The molecule has 2 rings (SSSR count). The van der Waals surface area contributed by atoms with Crippen LogP contribution in [0.5, 0.6) is 0 Å². The van der Waals surface area contributed by atoms with Gasteiger partial charge in [-0.1, -0.05) is 39.0 Å². The molecule has 19 heavy (non-hydrogen) atoms. The molecule has 0 spiro atoms. The molecule has 2 aromatic carbocycles. The first-order valence-corrected chi connectivity index (χ1v) is 6.37. The Kier molecular flexibility index (Phi) is 3.57. The molecule has 1 N–H and O–H groups in total. The lowest BCUT2D eigenvalue weighted by molar-refractivity contribution is 0.592. The van der Waals surface area contributed by atoms with Gasteiger partial charge in [-0.3, -0.25) is 0 Å². The summed E-state index contributed by atoms with van der Waals surface area (Å²) < 4.78 is 0. The van der Waals surface area contributed by atoms with E-state index in [9.17, 15) is 0 Å². The van der Waals surface area contributed by atoms with Crippen LogP contribution >= 0.6 is 0 Å². The number of para-hydroxylation sites is 1. The quantitative estimate of drug-likeness (QED) is 0.845. The predicted molar refractivity (Wildman–Crippen MR) is 79.6 cm³/mol. The van der Waals surface area contributed by atoms with E-state index in [-0.39, 0.29) is 5.41 Å². The van der Waals surface area contributed by atoms with Gasteiger partial charge in [0.2, 0.25) is 0 Å². The molecule has 2 nitrogen and oxygen atoms in total. The summed E-state index contributed by atoms with van der Waals surface area (Å²) in [6, 6.07) is 17.9. The third kappa shape index (κ3) is 3.14. The van der Waals surface area contributed by atoms with Crippen molar-refractivity contribution in [1.29, 1.82) is 5.26 Å². The number of benzene rings is 2. The minimum atomic E-state index is 0.0934. The van der Waals surface area contributed by atoms with Crippen molar-refractivity contribution in [3.8, 4) is 6.07 Å². The maximum absolute atomic E-state index is 8.80. The smallest absolute Gasteiger partial charge is 0.0991 e. The van der Waals surface area contributed by atoms with Crippen molar-refractivity contribution in [2.24, 2.45) is 0 Å². The van der Waals surface area contributed by atoms with E-state index in [1.807, 2.05) is 30.3 Å². The standard InChI is InChI=1S/C17H18N2/c1-17(2,3)15-6-4-5-7-16(15)19-14-10-8-13(12-18)9-11-14/h4-11,19H,1-3H3. The molecule has 0 saturated carbocycles. The second-order valence-electron chi connectivity index (χ2n) is 5.61. The van der Waals surface area contributed by atoms with E-state index in [4.69, 9.17) is 5.26 Å². The first kappa shape index (κ1) is 13.2. The minimum Gasteiger partial charge on any atom is -0.355 e. The van der Waals surface area contributed by atoms with Crippen LogP contribution in [0.2, 0.25) is 0 Å². The monoisotopic (exact) mass is 250 g/mol. The van der Waals surface area contributed by atoms with Crippen molar-refractivity contribution in [1.82, 2.24) is 0 Å². The highest BCUT2D eigenvalue weighted by Crippen LogP contribution is 2.31. The van der Waals surface area contributed by atoms with E-state index < -0.39 is 0 Å². The molecule has 0 saturated heterocycles. The Balaban J connectivity index is 2.31. The van der Waals surface area contributed by atoms with Crippen LogP contribution in [0.1, 0.15) is 31.9 Å². The maximum Gasteiger partial charge on any atom is 0.0991 e. The summed E-state index contributed by atoms with van der Waals surface area (Å²) >= 11 is 0. The van der Waals surface area contributed by atoms with E-state index >= 15 is 0 Å². The van der Waals surface area contributed by atoms with Crippen molar-refractivity contribution < 1.29 is 0 Å². The van der Waals surface area contributed by atoms with Gasteiger partial charge in [-0.05, 0) is 41.3 Å². The predicted octanol–water partition coefficient (Wildman–Crippen LogP) is 4.60. The fraction of sp³-hybridized carbons (Fsp3) is 0.235. The molecule has 0 unspecified atom stereocenters. The van der Waals surface area contributed by atoms with Crippen molar-refractivity contribution in [2.75, 3.05) is 5.32 Å². The van der Waals surface area contributed by atoms with E-state index in [1.54, 1.807) is 0 Å². The molecule has 2 heteroatoms. The lowest BCUT2D eigenvalue weighted by Gasteiger charge is -2.23. The molecular weight excluding hydrogens is 232 g/mol. The highest BCUT2D eigenvalue weighted by atomic mass is 14.9. The van der Waals surface area contributed by atoms with Crippen molar-refractivity contribution in [3.05, 3.63) is 59.7 Å². The zero-order chi connectivity index (χ0) is 13.9. The summed E-state index contributed by atoms with van der Waals surface area (Å²) in [4.78, 5) is 0. The lowest BCUT2D eigenvalue weighted by atomic mass is 9.86. The molecule has 0 aliphatic heterocycles. The Bertz CT molecular complexity index is 598. The topological polar surface area (TPSA) is 35.8 Å². The van der Waals surface area contributed by atoms with Gasteiger partial charge in [0, 0.05) is 11.4 Å². The number of hydrogen-bond donors (Lipinski definition) is 1. The SMILES string of the molecule is CC(C)(C)c1ccccc1Nc1ccc(C#N)cc1. The second-order valence-corrected chi connectivity index (χ2v) is 5.61. The first-order valence-electron chi connectivity index (χ1n) is 6.37. The van der Waals surface area contributed by atoms with Crippen LogP contribution in [0.4, 0.5) is 11.4 Å². The number of anilines is 2. The van der Waals surface area contributed by atoms with Crippen molar-refractivity contribution in [2.45, 2.75) is 26.2 Å². The lowest BCUT2D eigenvalue weighted by Crippen LogP contribution is -2.13. The minimum absolute atomic E-state index is 0.0934. The first-order chi connectivity index (χ1) is 9.00. The van der Waals surface area contributed by atoms with Gasteiger partial charge in [0.15, 0.2) is 0 Å². The Morgan fingerprint density at radius 1 is 0.947 bits per heavy atom. The number of nitriles is 1. The highest BCUT2D eigenvalue weighted by molar-refractivity contribution is 5.65. The van der Waals surface area contributed by atoms with Gasteiger partial charge in [0.25, 0.3) is 0 Å². The summed E-state index contributed by atoms with van der Waals surface area (Å²) in [6.45, 7) is 6.60. The molecule has 0 radical (unpaired) electrons. The van der Waals surface area contributed by atoms with Gasteiger partial charge in [-0.15, -0.1) is 0 Å². The van der Waals surface area contributed by atoms with Crippen molar-refractivity contribution >= 4 is 11.4 Å². The largest absolute Gasteiger partial charge is 0.355 e. The van der Waals surface area contributed by atoms with Crippen LogP contribution in [0, 0.1) is 11.3 Å². The molecule has 0 fully saturated rings. The average Bonchev–Trinajstić information content (AvgIpc) is 2.39. The second kappa shape index (κ2) is 5.16. The van der Waals surface area contributed by atoms with Crippen LogP contribution in [-0.4, -0.2) is 0 Å². The number of hydrogen-bond acceptors (Lipinski definition) is 2. The summed E-state index contributed by atoms with van der Waals surface area (Å²) in [5, 5.41) is 12.2. The molecule has 96 valence electrons. The number of nitrogens with one attached hydrogen (secondary N) is 1. The van der Waals surface area contributed by atoms with Crippen LogP contribution in [0.25, 0.3) is 0 Å². The molecule has 0 heterocycles. The molecule has 0 aliphatic carbocycles. The summed E-state index contributed by atoms with van der Waals surface area (Å²) in [5.74, 6) is 0. The van der Waals surface area contributed by atoms with Crippen molar-refractivity contribution in [3.63, 3.8) is 0 Å². The zero-order valence-electron chi connectivity index (χ0n) is 11.6. The fourth-order valence-corrected chi connectivity index (χ4v) is 2.03. The summed E-state index contributed by atoms with van der Waals surface area (Å²) in [5.41, 5.74) is 4.15. The molecule has 0 aliphatic rings. The van der Waals surface area contributed by atoms with Gasteiger partial charge in [-0.25, -0.2) is 0 Å². The van der Waals surface area contributed by atoms with Crippen LogP contribution in [0.15, 0.2) is 48.5 Å². The third-order valence-corrected chi connectivity index (χ3v) is 3.03. The van der Waals surface area contributed by atoms with Gasteiger partial charge >= 0.3 is 0 Å². The molecule has 2 aromatic rings. The fourth-order valence-electron chi connectivity index (χ4n) is 2.03. The molecular formula is C17H18N2. The van der Waals surface area contributed by atoms with E-state index in [0.29, 0.717) is 5.56 Å². The van der Waals surface area contributed by atoms with Crippen LogP contribution in [0.3, 0.4) is 0 Å². The Morgan fingerprint density at radius 2 is 1.58 bits per heavy atom. The van der Waals surface area contributed by atoms with Crippen LogP contribution in [-0.2, 0) is 5.41 Å². The van der Waals surface area contributed by atoms with Gasteiger partial charge in [-0.2, -0.15) is 5.26 Å². The average molecular weight is 250 g/mol. The Hall–Kier alpha value is -2.27. The van der Waals surface area contributed by atoms with Gasteiger partial charge < -0.3 is 5.32 Å². The molecule has 0 bridgehead atoms. The van der Waals surface area contributed by atoms with E-state index in [2.05, 4.69) is 50.4 Å². The molecule has 0 aromatic heterocycles. The van der Waals surface area contributed by atoms with E-state index in [0.717, 1.165) is 11.4 Å². The highest BCUT2D eigenvalue weighted by Gasteiger charge is 2.17. The molecule has 0 atom stereocenters. The number of nitrogens with zero attached hydrogens (tertiary/aromatic N) is 1.